The Bertz CT molecular complexity index is 1580. The SMILES string of the molecule is CC[C@H](C)[C@@H]([C@@H](CC(=O)N1CCC[C@H]1[C@H](OC)[C@@H](C)C(=O)N[C@H](Cc1ccccc1)C(=O)O)OC)N(C)C(=O)[C@@H](NC(=O)[C@H](C(C)C)N(C)CCOCCOCCOCCC(C)C)C(C)C. The summed E-state index contributed by atoms with van der Waals surface area (Å²) in [7, 11) is 6.63. The first-order valence-electron chi connectivity index (χ1n) is 24.2. The molecule has 1 heterocycles. The molecule has 0 bridgehead atoms. The van der Waals surface area contributed by atoms with Crippen LogP contribution < -0.4 is 10.6 Å². The van der Waals surface area contributed by atoms with Crippen LogP contribution in [-0.4, -0.2) is 173 Å². The minimum Gasteiger partial charge on any atom is -0.480 e. The number of carbonyl (C=O) groups excluding carboxylic acids is 4. The number of ether oxygens (including phenoxy) is 5. The molecule has 9 atom stereocenters. The Labute approximate surface area is 396 Å². The quantitative estimate of drug-likeness (QED) is 0.0811. The molecule has 1 aliphatic rings. The van der Waals surface area contributed by atoms with Gasteiger partial charge in [0.15, 0.2) is 0 Å². The Morgan fingerprint density at radius 2 is 1.41 bits per heavy atom. The van der Waals surface area contributed by atoms with Crippen molar-refractivity contribution in [2.75, 3.05) is 81.0 Å². The first-order valence-corrected chi connectivity index (χ1v) is 24.2. The van der Waals surface area contributed by atoms with Crippen LogP contribution in [-0.2, 0) is 54.1 Å². The van der Waals surface area contributed by atoms with E-state index in [4.69, 9.17) is 23.7 Å². The van der Waals surface area contributed by atoms with Crippen LogP contribution in [0.5, 0.6) is 0 Å². The van der Waals surface area contributed by atoms with E-state index in [9.17, 15) is 29.1 Å². The highest BCUT2D eigenvalue weighted by atomic mass is 16.5. The molecule has 16 nitrogen and oxygen atoms in total. The zero-order valence-corrected chi connectivity index (χ0v) is 42.6. The van der Waals surface area contributed by atoms with Gasteiger partial charge < -0.3 is 49.2 Å². The average Bonchev–Trinajstić information content (AvgIpc) is 3.76. The molecule has 66 heavy (non-hydrogen) atoms. The fourth-order valence-electron chi connectivity index (χ4n) is 8.85. The van der Waals surface area contributed by atoms with Gasteiger partial charge >= 0.3 is 5.97 Å². The minimum atomic E-state index is -1.14. The number of hydrogen-bond donors (Lipinski definition) is 3. The number of carboxylic acids is 1. The molecule has 1 aromatic rings. The van der Waals surface area contributed by atoms with Crippen LogP contribution in [0, 0.1) is 29.6 Å². The fourth-order valence-corrected chi connectivity index (χ4v) is 8.85. The highest BCUT2D eigenvalue weighted by molar-refractivity contribution is 5.90. The molecule has 1 saturated heterocycles. The predicted molar refractivity (Wildman–Crippen MR) is 256 cm³/mol. The number of methoxy groups -OCH3 is 2. The molecule has 378 valence electrons. The zero-order valence-electron chi connectivity index (χ0n) is 42.6. The van der Waals surface area contributed by atoms with Crippen molar-refractivity contribution >= 4 is 29.6 Å². The highest BCUT2D eigenvalue weighted by Crippen LogP contribution is 2.30. The van der Waals surface area contributed by atoms with Gasteiger partial charge in [0.1, 0.15) is 12.1 Å². The molecule has 1 aromatic carbocycles. The van der Waals surface area contributed by atoms with Gasteiger partial charge in [-0.05, 0) is 55.5 Å². The smallest absolute Gasteiger partial charge is 0.326 e. The van der Waals surface area contributed by atoms with Crippen LogP contribution in [0.3, 0.4) is 0 Å². The van der Waals surface area contributed by atoms with Gasteiger partial charge in [0.25, 0.3) is 0 Å². The molecule has 0 spiro atoms. The molecule has 0 radical (unpaired) electrons. The van der Waals surface area contributed by atoms with Crippen LogP contribution in [0.25, 0.3) is 0 Å². The lowest BCUT2D eigenvalue weighted by molar-refractivity contribution is -0.148. The summed E-state index contributed by atoms with van der Waals surface area (Å²) in [6.07, 6.45) is 1.71. The molecule has 1 aliphatic heterocycles. The monoisotopic (exact) mass is 934 g/mol. The molecule has 0 unspecified atom stereocenters. The van der Waals surface area contributed by atoms with Crippen LogP contribution in [0.15, 0.2) is 30.3 Å². The summed E-state index contributed by atoms with van der Waals surface area (Å²) in [6, 6.07) is 5.64. The number of likely N-dealkylation sites (N-methyl/N-ethyl adjacent to an activating group) is 2. The van der Waals surface area contributed by atoms with E-state index in [0.717, 1.165) is 18.6 Å². The molecule has 0 saturated carbocycles. The predicted octanol–water partition coefficient (Wildman–Crippen LogP) is 4.91. The van der Waals surface area contributed by atoms with E-state index in [-0.39, 0.29) is 48.3 Å². The minimum absolute atomic E-state index is 0.0330. The normalized spacial score (nSPS) is 17.9. The first kappa shape index (κ1) is 58.5. The molecule has 3 N–H and O–H groups in total. The van der Waals surface area contributed by atoms with Crippen LogP contribution >= 0.6 is 0 Å². The first-order chi connectivity index (χ1) is 31.3. The third-order valence-corrected chi connectivity index (χ3v) is 12.9. The number of carboxylic acid groups (broad SMARTS) is 1. The summed E-state index contributed by atoms with van der Waals surface area (Å²) in [5, 5.41) is 15.7. The summed E-state index contributed by atoms with van der Waals surface area (Å²) in [4.78, 5) is 74.0. The third kappa shape index (κ3) is 18.8. The Kier molecular flexibility index (Phi) is 27.2. The molecule has 2 rings (SSSR count). The second-order valence-corrected chi connectivity index (χ2v) is 19.1. The Morgan fingerprint density at radius 1 is 0.803 bits per heavy atom. The van der Waals surface area contributed by atoms with Crippen molar-refractivity contribution in [3.8, 4) is 0 Å². The van der Waals surface area contributed by atoms with Crippen molar-refractivity contribution < 1.29 is 52.8 Å². The van der Waals surface area contributed by atoms with Gasteiger partial charge in [-0.1, -0.05) is 99.1 Å². The zero-order chi connectivity index (χ0) is 49.5. The molecule has 4 amide bonds. The van der Waals surface area contributed by atoms with E-state index in [1.807, 2.05) is 83.8 Å². The number of carbonyl (C=O) groups is 5. The number of likely N-dealkylation sites (tertiary alicyclic amines) is 1. The van der Waals surface area contributed by atoms with Crippen molar-refractivity contribution in [3.05, 3.63) is 35.9 Å². The van der Waals surface area contributed by atoms with Crippen molar-refractivity contribution in [2.45, 2.75) is 143 Å². The lowest BCUT2D eigenvalue weighted by Gasteiger charge is -2.41. The van der Waals surface area contributed by atoms with Crippen molar-refractivity contribution in [1.82, 2.24) is 25.3 Å². The largest absolute Gasteiger partial charge is 0.480 e. The molecule has 0 aromatic heterocycles. The molecule has 16 heteroatoms. The summed E-state index contributed by atoms with van der Waals surface area (Å²) >= 11 is 0. The van der Waals surface area contributed by atoms with Gasteiger partial charge in [-0.2, -0.15) is 0 Å². The molecular formula is C50H87N5O11. The van der Waals surface area contributed by atoms with Gasteiger partial charge in [-0.25, -0.2) is 4.79 Å². The fraction of sp³-hybridized carbons (Fsp3) is 0.780. The Morgan fingerprint density at radius 3 is 1.94 bits per heavy atom. The number of amides is 4. The van der Waals surface area contributed by atoms with Crippen molar-refractivity contribution in [2.24, 2.45) is 29.6 Å². The molecule has 1 fully saturated rings. The van der Waals surface area contributed by atoms with Crippen LogP contribution in [0.1, 0.15) is 100.0 Å². The topological polar surface area (TPSA) is 186 Å². The number of benzene rings is 1. The van der Waals surface area contributed by atoms with E-state index in [1.54, 1.807) is 23.8 Å². The van der Waals surface area contributed by atoms with Gasteiger partial charge in [0.05, 0.1) is 75.7 Å². The highest BCUT2D eigenvalue weighted by Gasteiger charge is 2.43. The van der Waals surface area contributed by atoms with Gasteiger partial charge in [0.2, 0.25) is 23.6 Å². The molecule has 0 aliphatic carbocycles. The lowest BCUT2D eigenvalue weighted by atomic mass is 9.89. The Balaban J connectivity index is 2.13. The number of rotatable bonds is 33. The maximum Gasteiger partial charge on any atom is 0.326 e. The second-order valence-electron chi connectivity index (χ2n) is 19.1. The van der Waals surface area contributed by atoms with E-state index >= 15 is 0 Å². The summed E-state index contributed by atoms with van der Waals surface area (Å²) in [5.41, 5.74) is 0.779. The third-order valence-electron chi connectivity index (χ3n) is 12.9. The number of nitrogens with one attached hydrogen (secondary N) is 2. The van der Waals surface area contributed by atoms with Gasteiger partial charge in [-0.3, -0.25) is 24.1 Å². The molecular weight excluding hydrogens is 847 g/mol. The Hall–Kier alpha value is -3.67. The number of aliphatic carboxylic acids is 1. The van der Waals surface area contributed by atoms with Gasteiger partial charge in [-0.15, -0.1) is 0 Å². The maximum atomic E-state index is 14.6. The van der Waals surface area contributed by atoms with E-state index in [2.05, 4.69) is 24.5 Å². The average molecular weight is 934 g/mol. The number of nitrogens with zero attached hydrogens (tertiary/aromatic N) is 3. The van der Waals surface area contributed by atoms with Crippen molar-refractivity contribution in [3.63, 3.8) is 0 Å². The standard InChI is InChI=1S/C50H87N5O11/c1-14-36(8)45(54(11)49(59)43(34(4)5)52-48(58)44(35(6)7)53(10)24-26-65-28-30-66-29-27-64-25-22-33(2)3)41(62-12)32-42(56)55-23-18-21-40(55)46(63-13)37(9)47(57)51-39(50(60)61)31-38-19-16-15-17-20-38/h15-17,19-20,33-37,39-41,43-46H,14,18,21-32H2,1-13H3,(H,51,57)(H,52,58)(H,60,61)/t36-,37+,39+,40-,41+,43-,44-,45-,46+/m0/s1. The maximum absolute atomic E-state index is 14.6. The van der Waals surface area contributed by atoms with Gasteiger partial charge in [0, 0.05) is 47.4 Å². The summed E-state index contributed by atoms with van der Waals surface area (Å²) in [5.74, 6) is -2.89. The second kappa shape index (κ2) is 30.7. The van der Waals surface area contributed by atoms with E-state index in [0.29, 0.717) is 71.3 Å². The summed E-state index contributed by atoms with van der Waals surface area (Å²) in [6.45, 7) is 21.9. The summed E-state index contributed by atoms with van der Waals surface area (Å²) < 4.78 is 29.0. The van der Waals surface area contributed by atoms with Crippen LogP contribution in [0.4, 0.5) is 0 Å². The number of hydrogen-bond acceptors (Lipinski definition) is 11. The van der Waals surface area contributed by atoms with E-state index in [1.165, 1.54) is 14.2 Å². The van der Waals surface area contributed by atoms with Crippen LogP contribution in [0.2, 0.25) is 0 Å². The van der Waals surface area contributed by atoms with Crippen molar-refractivity contribution in [1.29, 1.82) is 0 Å². The van der Waals surface area contributed by atoms with E-state index < -0.39 is 60.2 Å². The lowest BCUT2D eigenvalue weighted by Crippen LogP contribution is -2.60.